The molecule has 2 bridgehead atoms. The Hall–Kier alpha value is -1.22. The number of ether oxygens (including phenoxy) is 1. The number of anilines is 1. The molecule has 0 aromatic heterocycles. The average Bonchev–Trinajstić information content (AvgIpc) is 2.70. The van der Waals surface area contributed by atoms with Crippen LogP contribution in [0.25, 0.3) is 0 Å². The molecule has 0 spiro atoms. The SMILES string of the molecule is CCOc1ccc(N2C3CCC2CC(CN)C3)cc1. The molecule has 2 heterocycles. The summed E-state index contributed by atoms with van der Waals surface area (Å²) in [4.78, 5) is 2.63. The van der Waals surface area contributed by atoms with E-state index < -0.39 is 0 Å². The van der Waals surface area contributed by atoms with Crippen molar-refractivity contribution in [3.8, 4) is 5.75 Å². The van der Waals surface area contributed by atoms with Crippen molar-refractivity contribution in [3.63, 3.8) is 0 Å². The molecule has 2 aliphatic rings. The maximum Gasteiger partial charge on any atom is 0.119 e. The van der Waals surface area contributed by atoms with Crippen LogP contribution in [0.15, 0.2) is 24.3 Å². The van der Waals surface area contributed by atoms with Gasteiger partial charge >= 0.3 is 0 Å². The van der Waals surface area contributed by atoms with E-state index in [9.17, 15) is 0 Å². The lowest BCUT2D eigenvalue weighted by molar-refractivity contribution is 0.339. The summed E-state index contributed by atoms with van der Waals surface area (Å²) in [7, 11) is 0. The second-order valence-corrected chi connectivity index (χ2v) is 5.79. The average molecular weight is 260 g/mol. The lowest BCUT2D eigenvalue weighted by Gasteiger charge is -2.40. The van der Waals surface area contributed by atoms with Crippen molar-refractivity contribution in [3.05, 3.63) is 24.3 Å². The van der Waals surface area contributed by atoms with E-state index in [1.807, 2.05) is 6.92 Å². The molecule has 2 saturated heterocycles. The Bertz CT molecular complexity index is 403. The number of nitrogens with zero attached hydrogens (tertiary/aromatic N) is 1. The van der Waals surface area contributed by atoms with Crippen molar-refractivity contribution in [2.45, 2.75) is 44.7 Å². The lowest BCUT2D eigenvalue weighted by Crippen LogP contribution is -2.44. The van der Waals surface area contributed by atoms with E-state index in [4.69, 9.17) is 10.5 Å². The number of fused-ring (bicyclic) bond motifs is 2. The van der Waals surface area contributed by atoms with Gasteiger partial charge in [-0.05, 0) is 69.3 Å². The van der Waals surface area contributed by atoms with E-state index in [0.717, 1.165) is 24.8 Å². The van der Waals surface area contributed by atoms with Crippen LogP contribution in [0.2, 0.25) is 0 Å². The molecule has 2 fully saturated rings. The van der Waals surface area contributed by atoms with Gasteiger partial charge in [0.05, 0.1) is 6.61 Å². The minimum Gasteiger partial charge on any atom is -0.494 e. The number of piperidine rings is 1. The number of benzene rings is 1. The van der Waals surface area contributed by atoms with Gasteiger partial charge in [0.1, 0.15) is 5.75 Å². The molecule has 2 atom stereocenters. The minimum absolute atomic E-state index is 0.699. The summed E-state index contributed by atoms with van der Waals surface area (Å²) in [5, 5.41) is 0. The Morgan fingerprint density at radius 1 is 1.16 bits per heavy atom. The van der Waals surface area contributed by atoms with E-state index in [-0.39, 0.29) is 0 Å². The van der Waals surface area contributed by atoms with E-state index >= 15 is 0 Å². The Morgan fingerprint density at radius 3 is 2.32 bits per heavy atom. The third-order valence-electron chi connectivity index (χ3n) is 4.61. The molecule has 2 unspecified atom stereocenters. The van der Waals surface area contributed by atoms with Gasteiger partial charge in [0.25, 0.3) is 0 Å². The molecular formula is C16H24N2O. The van der Waals surface area contributed by atoms with Gasteiger partial charge in [0.15, 0.2) is 0 Å². The fraction of sp³-hybridized carbons (Fsp3) is 0.625. The first-order chi connectivity index (χ1) is 9.31. The standard InChI is InChI=1S/C16H24N2O/c1-2-19-16-7-5-13(6-8-16)18-14-3-4-15(18)10-12(9-14)11-17/h5-8,12,14-15H,2-4,9-11,17H2,1H3. The van der Waals surface area contributed by atoms with Crippen LogP contribution >= 0.6 is 0 Å². The van der Waals surface area contributed by atoms with Crippen LogP contribution in [-0.2, 0) is 0 Å². The third-order valence-corrected chi connectivity index (χ3v) is 4.61. The van der Waals surface area contributed by atoms with Crippen molar-refractivity contribution in [2.24, 2.45) is 11.7 Å². The molecule has 3 nitrogen and oxygen atoms in total. The monoisotopic (exact) mass is 260 g/mol. The molecule has 0 aliphatic carbocycles. The summed E-state index contributed by atoms with van der Waals surface area (Å²) in [5.41, 5.74) is 7.21. The molecule has 1 aromatic rings. The van der Waals surface area contributed by atoms with Crippen molar-refractivity contribution in [1.29, 1.82) is 0 Å². The Morgan fingerprint density at radius 2 is 1.79 bits per heavy atom. The molecule has 1 aromatic carbocycles. The highest BCUT2D eigenvalue weighted by Crippen LogP contribution is 2.41. The van der Waals surface area contributed by atoms with E-state index in [0.29, 0.717) is 12.1 Å². The van der Waals surface area contributed by atoms with Gasteiger partial charge in [-0.3, -0.25) is 0 Å². The molecule has 0 radical (unpaired) electrons. The van der Waals surface area contributed by atoms with E-state index in [1.165, 1.54) is 31.4 Å². The zero-order valence-corrected chi connectivity index (χ0v) is 11.7. The van der Waals surface area contributed by atoms with Gasteiger partial charge in [-0.1, -0.05) is 0 Å². The molecule has 19 heavy (non-hydrogen) atoms. The maximum atomic E-state index is 5.86. The van der Waals surface area contributed by atoms with E-state index in [1.54, 1.807) is 0 Å². The predicted octanol–water partition coefficient (Wildman–Crippen LogP) is 2.79. The van der Waals surface area contributed by atoms with Crippen LogP contribution in [0.5, 0.6) is 5.75 Å². The highest BCUT2D eigenvalue weighted by atomic mass is 16.5. The molecule has 3 rings (SSSR count). The van der Waals surface area contributed by atoms with Gasteiger partial charge in [-0.15, -0.1) is 0 Å². The summed E-state index contributed by atoms with van der Waals surface area (Å²) in [5.74, 6) is 1.70. The van der Waals surface area contributed by atoms with Crippen LogP contribution in [0.3, 0.4) is 0 Å². The Kier molecular flexibility index (Phi) is 3.65. The van der Waals surface area contributed by atoms with Crippen molar-refractivity contribution >= 4 is 5.69 Å². The maximum absolute atomic E-state index is 5.86. The molecule has 2 N–H and O–H groups in total. The summed E-state index contributed by atoms with van der Waals surface area (Å²) in [6.07, 6.45) is 5.18. The quantitative estimate of drug-likeness (QED) is 0.904. The van der Waals surface area contributed by atoms with Crippen LogP contribution in [0.1, 0.15) is 32.6 Å². The summed E-state index contributed by atoms with van der Waals surface area (Å²) in [6, 6.07) is 9.99. The lowest BCUT2D eigenvalue weighted by atomic mass is 9.90. The fourth-order valence-electron chi connectivity index (χ4n) is 3.78. The molecular weight excluding hydrogens is 236 g/mol. The van der Waals surface area contributed by atoms with E-state index in [2.05, 4.69) is 29.2 Å². The van der Waals surface area contributed by atoms with Crippen molar-refractivity contribution < 1.29 is 4.74 Å². The second-order valence-electron chi connectivity index (χ2n) is 5.79. The van der Waals surface area contributed by atoms with Gasteiger partial charge in [0, 0.05) is 17.8 Å². The van der Waals surface area contributed by atoms with Gasteiger partial charge in [0.2, 0.25) is 0 Å². The predicted molar refractivity (Wildman–Crippen MR) is 78.7 cm³/mol. The van der Waals surface area contributed by atoms with Gasteiger partial charge < -0.3 is 15.4 Å². The molecule has 0 saturated carbocycles. The van der Waals surface area contributed by atoms with Crippen LogP contribution in [0.4, 0.5) is 5.69 Å². The number of nitrogens with two attached hydrogens (primary N) is 1. The second kappa shape index (κ2) is 5.41. The molecule has 104 valence electrons. The zero-order valence-electron chi connectivity index (χ0n) is 11.7. The number of hydrogen-bond acceptors (Lipinski definition) is 3. The summed E-state index contributed by atoms with van der Waals surface area (Å²) in [6.45, 7) is 3.60. The fourth-order valence-corrected chi connectivity index (χ4v) is 3.78. The summed E-state index contributed by atoms with van der Waals surface area (Å²) < 4.78 is 5.52. The number of rotatable bonds is 4. The van der Waals surface area contributed by atoms with Crippen molar-refractivity contribution in [1.82, 2.24) is 0 Å². The first kappa shape index (κ1) is 12.8. The zero-order chi connectivity index (χ0) is 13.2. The highest BCUT2D eigenvalue weighted by Gasteiger charge is 2.40. The normalized spacial score (nSPS) is 29.6. The topological polar surface area (TPSA) is 38.5 Å². The van der Waals surface area contributed by atoms with Gasteiger partial charge in [-0.25, -0.2) is 0 Å². The Balaban J connectivity index is 1.76. The van der Waals surface area contributed by atoms with Crippen LogP contribution < -0.4 is 15.4 Å². The van der Waals surface area contributed by atoms with Gasteiger partial charge in [-0.2, -0.15) is 0 Å². The first-order valence-electron chi connectivity index (χ1n) is 7.53. The van der Waals surface area contributed by atoms with Crippen molar-refractivity contribution in [2.75, 3.05) is 18.1 Å². The van der Waals surface area contributed by atoms with Crippen LogP contribution in [-0.4, -0.2) is 25.2 Å². The summed E-state index contributed by atoms with van der Waals surface area (Å²) >= 11 is 0. The largest absolute Gasteiger partial charge is 0.494 e. The molecule has 0 amide bonds. The molecule has 2 aliphatic heterocycles. The molecule has 3 heteroatoms. The number of hydrogen-bond donors (Lipinski definition) is 1. The Labute approximate surface area is 115 Å². The minimum atomic E-state index is 0.699. The third kappa shape index (κ3) is 2.44. The first-order valence-corrected chi connectivity index (χ1v) is 7.53. The highest BCUT2D eigenvalue weighted by molar-refractivity contribution is 5.52. The smallest absolute Gasteiger partial charge is 0.119 e. The van der Waals surface area contributed by atoms with Crippen LogP contribution in [0, 0.1) is 5.92 Å².